The Bertz CT molecular complexity index is 552. The Morgan fingerprint density at radius 2 is 2.06 bits per heavy atom. The van der Waals surface area contributed by atoms with Crippen molar-refractivity contribution < 1.29 is 10.3 Å². The van der Waals surface area contributed by atoms with Gasteiger partial charge in [0, 0.05) is 11.1 Å². The van der Waals surface area contributed by atoms with Gasteiger partial charge in [0.15, 0.2) is 0 Å². The van der Waals surface area contributed by atoms with Crippen molar-refractivity contribution in [2.45, 2.75) is 13.0 Å². The minimum Gasteiger partial charge on any atom is -0.383 e. The van der Waals surface area contributed by atoms with Crippen LogP contribution in [0.2, 0.25) is 0 Å². The summed E-state index contributed by atoms with van der Waals surface area (Å²) < 4.78 is 0. The zero-order valence-electron chi connectivity index (χ0n) is 9.46. The number of benzene rings is 1. The smallest absolute Gasteiger partial charge is 0.116 e. The molecule has 2 rings (SSSR count). The van der Waals surface area contributed by atoms with Crippen LogP contribution >= 0.6 is 0 Å². The van der Waals surface area contributed by atoms with Crippen molar-refractivity contribution in [1.82, 2.24) is 10.5 Å². The number of pyridine rings is 1. The van der Waals surface area contributed by atoms with E-state index in [9.17, 15) is 5.11 Å². The Morgan fingerprint density at radius 1 is 1.29 bits per heavy atom. The molecule has 0 amide bonds. The average Bonchev–Trinajstić information content (AvgIpc) is 2.38. The number of hydroxylamine groups is 1. The van der Waals surface area contributed by atoms with Gasteiger partial charge in [-0.15, -0.1) is 0 Å². The van der Waals surface area contributed by atoms with Gasteiger partial charge in [0.1, 0.15) is 6.10 Å². The Kier molecular flexibility index (Phi) is 3.37. The van der Waals surface area contributed by atoms with E-state index in [1.807, 2.05) is 35.8 Å². The molecule has 2 aromatic rings. The molecule has 1 heterocycles. The van der Waals surface area contributed by atoms with Gasteiger partial charge in [0.2, 0.25) is 0 Å². The summed E-state index contributed by atoms with van der Waals surface area (Å²) in [6.07, 6.45) is 0.663. The molecule has 0 bridgehead atoms. The number of aromatic nitrogens is 1. The highest BCUT2D eigenvalue weighted by atomic mass is 16.5. The fourth-order valence-electron chi connectivity index (χ4n) is 1.61. The number of nitrogens with zero attached hydrogens (tertiary/aromatic N) is 1. The summed E-state index contributed by atoms with van der Waals surface area (Å²) in [5, 5.41) is 19.6. The maximum absolute atomic E-state index is 9.89. The van der Waals surface area contributed by atoms with Crippen molar-refractivity contribution in [3.05, 3.63) is 53.9 Å². The summed E-state index contributed by atoms with van der Waals surface area (Å²) in [5.41, 5.74) is 3.85. The summed E-state index contributed by atoms with van der Waals surface area (Å²) in [6.45, 7) is 1.66. The Labute approximate surface area is 99.2 Å². The van der Waals surface area contributed by atoms with Gasteiger partial charge in [-0.05, 0) is 25.1 Å². The molecule has 0 aliphatic heterocycles. The van der Waals surface area contributed by atoms with Crippen LogP contribution in [0.15, 0.2) is 48.2 Å². The molecule has 1 atom stereocenters. The van der Waals surface area contributed by atoms with E-state index in [4.69, 9.17) is 5.21 Å². The minimum absolute atomic E-state index is 0.479. The zero-order valence-corrected chi connectivity index (χ0v) is 9.46. The molecule has 0 spiro atoms. The second kappa shape index (κ2) is 4.95. The first-order valence-corrected chi connectivity index (χ1v) is 5.33. The standard InChI is InChI=1S/C13H14N2O2/c1-9(15-17)8-13(16)12-7-6-10-4-2-3-5-11(10)14-12/h2-8,13,15-17H,1H3. The third-order valence-corrected chi connectivity index (χ3v) is 2.51. The van der Waals surface area contributed by atoms with Crippen LogP contribution in [0.1, 0.15) is 18.7 Å². The van der Waals surface area contributed by atoms with E-state index in [0.29, 0.717) is 11.4 Å². The monoisotopic (exact) mass is 230 g/mol. The Hall–Kier alpha value is -1.91. The zero-order chi connectivity index (χ0) is 12.3. The van der Waals surface area contributed by atoms with Gasteiger partial charge < -0.3 is 5.11 Å². The highest BCUT2D eigenvalue weighted by Crippen LogP contribution is 2.17. The summed E-state index contributed by atoms with van der Waals surface area (Å²) in [6, 6.07) is 11.4. The third-order valence-electron chi connectivity index (χ3n) is 2.51. The maximum Gasteiger partial charge on any atom is 0.116 e. The molecule has 4 heteroatoms. The van der Waals surface area contributed by atoms with Crippen molar-refractivity contribution in [2.75, 3.05) is 0 Å². The Balaban J connectivity index is 2.36. The lowest BCUT2D eigenvalue weighted by atomic mass is 10.1. The first-order valence-electron chi connectivity index (χ1n) is 5.33. The molecule has 0 saturated carbocycles. The largest absolute Gasteiger partial charge is 0.383 e. The van der Waals surface area contributed by atoms with E-state index in [1.165, 1.54) is 6.08 Å². The highest BCUT2D eigenvalue weighted by Gasteiger charge is 2.07. The topological polar surface area (TPSA) is 65.4 Å². The fourth-order valence-corrected chi connectivity index (χ4v) is 1.61. The number of hydrogen-bond acceptors (Lipinski definition) is 4. The number of allylic oxidation sites excluding steroid dienone is 1. The molecule has 0 aliphatic rings. The molecule has 0 aliphatic carbocycles. The van der Waals surface area contributed by atoms with Gasteiger partial charge in [0.25, 0.3) is 0 Å². The van der Waals surface area contributed by atoms with Gasteiger partial charge in [-0.25, -0.2) is 4.98 Å². The molecular formula is C13H14N2O2. The second-order valence-electron chi connectivity index (χ2n) is 3.84. The normalized spacial score (nSPS) is 13.7. The number of aliphatic hydroxyl groups excluding tert-OH is 1. The van der Waals surface area contributed by atoms with Gasteiger partial charge in [0.05, 0.1) is 11.2 Å². The number of hydrogen-bond donors (Lipinski definition) is 3. The van der Waals surface area contributed by atoms with Gasteiger partial charge in [-0.2, -0.15) is 0 Å². The van der Waals surface area contributed by atoms with Crippen LogP contribution in [0.4, 0.5) is 0 Å². The molecular weight excluding hydrogens is 216 g/mol. The van der Waals surface area contributed by atoms with Crippen molar-refractivity contribution in [3.8, 4) is 0 Å². The van der Waals surface area contributed by atoms with E-state index >= 15 is 0 Å². The van der Waals surface area contributed by atoms with Crippen molar-refractivity contribution >= 4 is 10.9 Å². The van der Waals surface area contributed by atoms with Crippen LogP contribution in [0, 0.1) is 0 Å². The van der Waals surface area contributed by atoms with Crippen molar-refractivity contribution in [3.63, 3.8) is 0 Å². The van der Waals surface area contributed by atoms with Gasteiger partial charge in [-0.1, -0.05) is 24.3 Å². The van der Waals surface area contributed by atoms with E-state index in [2.05, 4.69) is 4.98 Å². The Morgan fingerprint density at radius 3 is 2.82 bits per heavy atom. The predicted octanol–water partition coefficient (Wildman–Crippen LogP) is 2.15. The molecule has 1 aromatic heterocycles. The SMILES string of the molecule is CC(=CC(O)c1ccc2ccccc2n1)NO. The lowest BCUT2D eigenvalue weighted by Gasteiger charge is -2.08. The lowest BCUT2D eigenvalue weighted by Crippen LogP contribution is -2.06. The van der Waals surface area contributed by atoms with Gasteiger partial charge in [-0.3, -0.25) is 10.7 Å². The number of para-hydroxylation sites is 1. The summed E-state index contributed by atoms with van der Waals surface area (Å²) in [7, 11) is 0. The van der Waals surface area contributed by atoms with E-state index < -0.39 is 6.10 Å². The van der Waals surface area contributed by atoms with E-state index in [-0.39, 0.29) is 0 Å². The van der Waals surface area contributed by atoms with E-state index in [1.54, 1.807) is 13.0 Å². The maximum atomic E-state index is 9.89. The van der Waals surface area contributed by atoms with Crippen LogP contribution < -0.4 is 5.48 Å². The number of aliphatic hydroxyl groups is 1. The molecule has 17 heavy (non-hydrogen) atoms. The van der Waals surface area contributed by atoms with Crippen LogP contribution in [-0.4, -0.2) is 15.3 Å². The third kappa shape index (κ3) is 2.61. The highest BCUT2D eigenvalue weighted by molar-refractivity contribution is 5.78. The average molecular weight is 230 g/mol. The van der Waals surface area contributed by atoms with Crippen LogP contribution in [0.25, 0.3) is 10.9 Å². The second-order valence-corrected chi connectivity index (χ2v) is 3.84. The lowest BCUT2D eigenvalue weighted by molar-refractivity contribution is 0.189. The van der Waals surface area contributed by atoms with Crippen LogP contribution in [0.5, 0.6) is 0 Å². The van der Waals surface area contributed by atoms with Crippen molar-refractivity contribution in [1.29, 1.82) is 0 Å². The molecule has 1 aromatic carbocycles. The van der Waals surface area contributed by atoms with Gasteiger partial charge >= 0.3 is 0 Å². The van der Waals surface area contributed by atoms with Crippen molar-refractivity contribution in [2.24, 2.45) is 0 Å². The minimum atomic E-state index is -0.834. The predicted molar refractivity (Wildman–Crippen MR) is 65.4 cm³/mol. The van der Waals surface area contributed by atoms with Crippen LogP contribution in [-0.2, 0) is 0 Å². The molecule has 88 valence electrons. The summed E-state index contributed by atoms with van der Waals surface area (Å²) >= 11 is 0. The molecule has 0 saturated heterocycles. The number of fused-ring (bicyclic) bond motifs is 1. The summed E-state index contributed by atoms with van der Waals surface area (Å²) in [4.78, 5) is 4.36. The first-order chi connectivity index (χ1) is 8.20. The number of nitrogens with one attached hydrogen (secondary N) is 1. The van der Waals surface area contributed by atoms with Crippen LogP contribution in [0.3, 0.4) is 0 Å². The molecule has 3 N–H and O–H groups in total. The quantitative estimate of drug-likeness (QED) is 0.707. The molecule has 0 radical (unpaired) electrons. The summed E-state index contributed by atoms with van der Waals surface area (Å²) in [5.74, 6) is 0. The number of rotatable bonds is 3. The molecule has 1 unspecified atom stereocenters. The first kappa shape index (κ1) is 11.6. The van der Waals surface area contributed by atoms with E-state index in [0.717, 1.165) is 10.9 Å². The fraction of sp³-hybridized carbons (Fsp3) is 0.154. The molecule has 4 nitrogen and oxygen atoms in total. The molecule has 0 fully saturated rings.